The van der Waals surface area contributed by atoms with E-state index in [-0.39, 0.29) is 24.8 Å². The topological polar surface area (TPSA) is 0 Å². The number of halogens is 2. The van der Waals surface area contributed by atoms with Gasteiger partial charge in [0.1, 0.15) is 0 Å². The van der Waals surface area contributed by atoms with E-state index >= 15 is 0 Å². The molecule has 0 radical (unpaired) electrons. The van der Waals surface area contributed by atoms with Gasteiger partial charge >= 0.3 is 199 Å². The van der Waals surface area contributed by atoms with Gasteiger partial charge in [-0.2, -0.15) is 0 Å². The summed E-state index contributed by atoms with van der Waals surface area (Å²) in [6.07, 6.45) is 15.3. The number of hydrogen-bond acceptors (Lipinski definition) is 0. The Balaban J connectivity index is 0.00000181. The molecule has 4 rings (SSSR count). The van der Waals surface area contributed by atoms with Crippen LogP contribution in [0.15, 0.2) is 30.4 Å². The van der Waals surface area contributed by atoms with Crippen LogP contribution in [-0.4, -0.2) is 0 Å². The monoisotopic (exact) mass is 543 g/mol. The standard InChI is InChI=1S/C29H35.2ClH.Zr/c1-6-11-22-16-19(4)17-23-18-26-27(21-14-9-10-15-21)20(5)24(12-7-2)25(13-8-3)29(26)28(22)23;;;/h9-10,14,16-18H,6-8,11-13,15H2,1-5H3;2*1H;/q;;;+2/p-2. The Morgan fingerprint density at radius 2 is 1.50 bits per heavy atom. The number of fused-ring (bicyclic) bond motifs is 3. The first-order chi connectivity index (χ1) is 14.5. The summed E-state index contributed by atoms with van der Waals surface area (Å²) in [6.45, 7) is 11.7. The van der Waals surface area contributed by atoms with Crippen molar-refractivity contribution in [1.82, 2.24) is 0 Å². The Kier molecular flexibility index (Phi) is 10.1. The predicted octanol–water partition coefficient (Wildman–Crippen LogP) is 2.13. The number of aryl methyl sites for hydroxylation is 2. The summed E-state index contributed by atoms with van der Waals surface area (Å²) in [5.74, 6) is 0. The summed E-state index contributed by atoms with van der Waals surface area (Å²) in [5, 5.41) is 0. The van der Waals surface area contributed by atoms with Crippen LogP contribution in [0.3, 0.4) is 0 Å². The number of hydrogen-bond donors (Lipinski definition) is 0. The van der Waals surface area contributed by atoms with E-state index in [1.807, 2.05) is 0 Å². The summed E-state index contributed by atoms with van der Waals surface area (Å²) in [5.41, 5.74) is 17.6. The van der Waals surface area contributed by atoms with Gasteiger partial charge in [0, 0.05) is 0 Å². The zero-order chi connectivity index (χ0) is 21.4. The molecule has 0 N–H and O–H groups in total. The van der Waals surface area contributed by atoms with Gasteiger partial charge in [-0.05, 0) is 0 Å². The van der Waals surface area contributed by atoms with Crippen LogP contribution < -0.4 is 24.8 Å². The molecule has 0 bridgehead atoms. The van der Waals surface area contributed by atoms with Crippen molar-refractivity contribution in [2.24, 2.45) is 0 Å². The van der Waals surface area contributed by atoms with Crippen molar-refractivity contribution in [2.45, 2.75) is 83.2 Å². The second kappa shape index (κ2) is 11.7. The van der Waals surface area contributed by atoms with Gasteiger partial charge in [-0.15, -0.1) is 0 Å². The van der Waals surface area contributed by atoms with Crippen LogP contribution in [0.4, 0.5) is 0 Å². The van der Waals surface area contributed by atoms with Crippen molar-refractivity contribution in [3.05, 3.63) is 74.9 Å². The molecule has 0 nitrogen and oxygen atoms in total. The quantitative estimate of drug-likeness (QED) is 0.500. The zero-order valence-corrected chi connectivity index (χ0v) is 24.1. The molecule has 1 atom stereocenters. The summed E-state index contributed by atoms with van der Waals surface area (Å²) < 4.78 is 0.569. The first-order valence-corrected chi connectivity index (χ1v) is 13.3. The van der Waals surface area contributed by atoms with Crippen LogP contribution in [0.25, 0.3) is 16.7 Å². The van der Waals surface area contributed by atoms with E-state index in [0.717, 1.165) is 6.42 Å². The molecule has 1 unspecified atom stereocenters. The maximum atomic E-state index is 2.50. The van der Waals surface area contributed by atoms with Gasteiger partial charge in [0.15, 0.2) is 0 Å². The number of allylic oxidation sites excluding steroid dienone is 4. The minimum atomic E-state index is 0. The van der Waals surface area contributed by atoms with Crippen molar-refractivity contribution < 1.29 is 49.5 Å². The molecule has 2 aliphatic carbocycles. The van der Waals surface area contributed by atoms with E-state index in [4.69, 9.17) is 0 Å². The van der Waals surface area contributed by atoms with Crippen molar-refractivity contribution in [1.29, 1.82) is 0 Å². The third-order valence-electron chi connectivity index (χ3n) is 6.89. The van der Waals surface area contributed by atoms with Crippen LogP contribution in [0, 0.1) is 13.8 Å². The second-order valence-corrected chi connectivity index (χ2v) is 10.6. The number of rotatable bonds is 7. The molecule has 3 heteroatoms. The Hall–Kier alpha value is -0.617. The predicted molar refractivity (Wildman–Crippen MR) is 127 cm³/mol. The molecule has 0 aliphatic heterocycles. The molecule has 0 fully saturated rings. The van der Waals surface area contributed by atoms with E-state index in [2.05, 4.69) is 65.0 Å². The molecule has 169 valence electrons. The van der Waals surface area contributed by atoms with Crippen LogP contribution >= 0.6 is 0 Å². The minimum absolute atomic E-state index is 0. The third-order valence-corrected chi connectivity index (χ3v) is 8.36. The van der Waals surface area contributed by atoms with Crippen molar-refractivity contribution in [3.8, 4) is 11.1 Å². The molecule has 2 aromatic carbocycles. The van der Waals surface area contributed by atoms with E-state index in [1.165, 1.54) is 49.7 Å². The van der Waals surface area contributed by atoms with Crippen LogP contribution in [0.2, 0.25) is 0 Å². The van der Waals surface area contributed by atoms with Gasteiger partial charge in [-0.25, -0.2) is 0 Å². The fourth-order valence-corrected chi connectivity index (χ4v) is 7.07. The van der Waals surface area contributed by atoms with E-state index in [9.17, 15) is 0 Å². The van der Waals surface area contributed by atoms with Crippen molar-refractivity contribution >= 4 is 5.57 Å². The van der Waals surface area contributed by atoms with Gasteiger partial charge in [-0.3, -0.25) is 0 Å². The molecule has 0 amide bonds. The maximum Gasteiger partial charge on any atom is -1.00 e. The van der Waals surface area contributed by atoms with Crippen LogP contribution in [-0.2, 0) is 44.0 Å². The van der Waals surface area contributed by atoms with Crippen LogP contribution in [0.5, 0.6) is 0 Å². The molecule has 0 saturated carbocycles. The van der Waals surface area contributed by atoms with Gasteiger partial charge in [0.2, 0.25) is 0 Å². The minimum Gasteiger partial charge on any atom is -1.00 e. The average molecular weight is 546 g/mol. The molecular weight excluding hydrogens is 510 g/mol. The molecule has 32 heavy (non-hydrogen) atoms. The molecule has 0 saturated heterocycles. The number of benzene rings is 2. The van der Waals surface area contributed by atoms with Crippen molar-refractivity contribution in [3.63, 3.8) is 0 Å². The average Bonchev–Trinajstić information content (AvgIpc) is 3.33. The second-order valence-electron chi connectivity index (χ2n) is 9.14. The van der Waals surface area contributed by atoms with E-state index in [1.54, 1.807) is 74.8 Å². The Bertz CT molecular complexity index is 1050. The van der Waals surface area contributed by atoms with Gasteiger partial charge < -0.3 is 24.8 Å². The molecule has 2 aliphatic rings. The van der Waals surface area contributed by atoms with Gasteiger partial charge in [0.25, 0.3) is 0 Å². The molecular formula is C29H35Cl2Zr. The fourth-order valence-electron chi connectivity index (χ4n) is 5.80. The maximum absolute atomic E-state index is 2.50. The summed E-state index contributed by atoms with van der Waals surface area (Å²) >= 11 is 1.63. The Morgan fingerprint density at radius 3 is 2.09 bits per heavy atom. The molecule has 2 aromatic rings. The SMILES string of the molecule is CCCc1cc(C)cc2c1-c1c(CCC)c(CCC)c(C)c(C3=CC=CC3)c1[CH]2[Zr+2].[Cl-].[Cl-]. The third kappa shape index (κ3) is 4.65. The van der Waals surface area contributed by atoms with E-state index in [0.29, 0.717) is 3.63 Å². The molecule has 0 aromatic heterocycles. The normalized spacial score (nSPS) is 15.7. The van der Waals surface area contributed by atoms with Crippen LogP contribution in [0.1, 0.15) is 94.6 Å². The van der Waals surface area contributed by atoms with E-state index < -0.39 is 0 Å². The zero-order valence-electron chi connectivity index (χ0n) is 20.2. The first-order valence-electron chi connectivity index (χ1n) is 11.9. The first kappa shape index (κ1) is 27.6. The van der Waals surface area contributed by atoms with Crippen molar-refractivity contribution in [2.75, 3.05) is 0 Å². The fraction of sp³-hybridized carbons (Fsp3) is 0.448. The smallest absolute Gasteiger partial charge is 1.00 e. The largest absolute Gasteiger partial charge is 1.00 e. The molecule has 0 heterocycles. The summed E-state index contributed by atoms with van der Waals surface area (Å²) in [6, 6.07) is 4.98. The summed E-state index contributed by atoms with van der Waals surface area (Å²) in [4.78, 5) is 0. The van der Waals surface area contributed by atoms with Gasteiger partial charge in [0.05, 0.1) is 0 Å². The Labute approximate surface area is 223 Å². The van der Waals surface area contributed by atoms with Gasteiger partial charge in [-0.1, -0.05) is 0 Å². The summed E-state index contributed by atoms with van der Waals surface area (Å²) in [7, 11) is 0. The Morgan fingerprint density at radius 1 is 0.844 bits per heavy atom. The molecule has 0 spiro atoms.